The number of imide groups is 1. The summed E-state index contributed by atoms with van der Waals surface area (Å²) >= 11 is 0. The van der Waals surface area contributed by atoms with Crippen molar-refractivity contribution in [1.29, 1.82) is 0 Å². The van der Waals surface area contributed by atoms with Crippen LogP contribution in [-0.4, -0.2) is 33.9 Å². The fourth-order valence-corrected chi connectivity index (χ4v) is 3.95. The van der Waals surface area contributed by atoms with E-state index in [4.69, 9.17) is 0 Å². The molecule has 7 nitrogen and oxygen atoms in total. The number of anilines is 1. The highest BCUT2D eigenvalue weighted by atomic mass is 16.2. The van der Waals surface area contributed by atoms with Gasteiger partial charge in [0.15, 0.2) is 0 Å². The summed E-state index contributed by atoms with van der Waals surface area (Å²) in [6.45, 7) is 5.69. The maximum Gasteiger partial charge on any atom is 0.329 e. The first-order valence-electron chi connectivity index (χ1n) is 10.8. The molecule has 1 saturated heterocycles. The molecule has 0 radical (unpaired) electrons. The van der Waals surface area contributed by atoms with Crippen LogP contribution in [0, 0.1) is 13.8 Å². The van der Waals surface area contributed by atoms with Crippen LogP contribution in [-0.2, 0) is 16.0 Å². The molecule has 0 bridgehead atoms. The number of urea groups is 1. The van der Waals surface area contributed by atoms with Crippen molar-refractivity contribution in [2.45, 2.75) is 27.2 Å². The molecule has 2 heterocycles. The van der Waals surface area contributed by atoms with Crippen molar-refractivity contribution in [2.24, 2.45) is 0 Å². The number of aryl methyl sites for hydroxylation is 3. The molecule has 1 aromatic heterocycles. The minimum Gasteiger partial charge on any atom is -0.324 e. The molecule has 33 heavy (non-hydrogen) atoms. The van der Waals surface area contributed by atoms with Crippen molar-refractivity contribution in [3.63, 3.8) is 0 Å². The second kappa shape index (κ2) is 9.16. The lowest BCUT2D eigenvalue weighted by atomic mass is 10.1. The van der Waals surface area contributed by atoms with E-state index in [9.17, 15) is 14.4 Å². The Morgan fingerprint density at radius 1 is 1.06 bits per heavy atom. The van der Waals surface area contributed by atoms with Crippen LogP contribution in [0.4, 0.5) is 10.5 Å². The molecular formula is C26H26N4O3. The highest BCUT2D eigenvalue weighted by molar-refractivity contribution is 6.15. The van der Waals surface area contributed by atoms with Gasteiger partial charge in [-0.1, -0.05) is 42.8 Å². The molecule has 4 amide bonds. The van der Waals surface area contributed by atoms with Gasteiger partial charge in [0.25, 0.3) is 5.91 Å². The Hall–Kier alpha value is -4.13. The van der Waals surface area contributed by atoms with Crippen LogP contribution in [0.5, 0.6) is 0 Å². The third-order valence-corrected chi connectivity index (χ3v) is 5.62. The van der Waals surface area contributed by atoms with Crippen molar-refractivity contribution >= 4 is 29.6 Å². The van der Waals surface area contributed by atoms with Crippen LogP contribution < -0.4 is 10.6 Å². The van der Waals surface area contributed by atoms with Gasteiger partial charge in [-0.25, -0.2) is 9.69 Å². The van der Waals surface area contributed by atoms with Crippen molar-refractivity contribution in [2.75, 3.05) is 11.9 Å². The summed E-state index contributed by atoms with van der Waals surface area (Å²) in [5, 5.41) is 5.39. The average Bonchev–Trinajstić information content (AvgIpc) is 3.34. The molecule has 0 saturated carbocycles. The van der Waals surface area contributed by atoms with Gasteiger partial charge in [0, 0.05) is 23.3 Å². The molecular weight excluding hydrogens is 416 g/mol. The van der Waals surface area contributed by atoms with Gasteiger partial charge in [-0.15, -0.1) is 0 Å². The lowest BCUT2D eigenvalue weighted by Crippen LogP contribution is -2.38. The lowest BCUT2D eigenvalue weighted by Gasteiger charge is -2.14. The first-order chi connectivity index (χ1) is 15.9. The largest absolute Gasteiger partial charge is 0.329 e. The van der Waals surface area contributed by atoms with E-state index < -0.39 is 17.8 Å². The molecule has 3 aromatic rings. The van der Waals surface area contributed by atoms with Crippen LogP contribution in [0.1, 0.15) is 29.3 Å². The van der Waals surface area contributed by atoms with Crippen LogP contribution in [0.15, 0.2) is 66.5 Å². The molecule has 2 N–H and O–H groups in total. The summed E-state index contributed by atoms with van der Waals surface area (Å²) in [5.41, 5.74) is 5.78. The van der Waals surface area contributed by atoms with Crippen LogP contribution in [0.25, 0.3) is 11.8 Å². The summed E-state index contributed by atoms with van der Waals surface area (Å²) in [4.78, 5) is 38.8. The zero-order valence-electron chi connectivity index (χ0n) is 18.9. The number of carbonyl (C=O) groups excluding carboxylic acids is 3. The summed E-state index contributed by atoms with van der Waals surface area (Å²) in [6, 6.07) is 16.7. The normalized spacial score (nSPS) is 14.6. The number of rotatable bonds is 6. The molecule has 1 aliphatic heterocycles. The predicted octanol–water partition coefficient (Wildman–Crippen LogP) is 4.19. The molecule has 2 aromatic carbocycles. The van der Waals surface area contributed by atoms with Crippen molar-refractivity contribution < 1.29 is 14.4 Å². The van der Waals surface area contributed by atoms with Gasteiger partial charge in [0.05, 0.1) is 0 Å². The monoisotopic (exact) mass is 442 g/mol. The van der Waals surface area contributed by atoms with Crippen molar-refractivity contribution in [3.05, 3.63) is 88.9 Å². The summed E-state index contributed by atoms with van der Waals surface area (Å²) in [6.07, 6.45) is 4.29. The lowest BCUT2D eigenvalue weighted by molar-refractivity contribution is -0.127. The Morgan fingerprint density at radius 3 is 2.61 bits per heavy atom. The highest BCUT2D eigenvalue weighted by Gasteiger charge is 2.35. The Balaban J connectivity index is 1.52. The van der Waals surface area contributed by atoms with E-state index in [-0.39, 0.29) is 12.2 Å². The second-order valence-corrected chi connectivity index (χ2v) is 8.03. The van der Waals surface area contributed by atoms with Crippen LogP contribution >= 0.6 is 0 Å². The van der Waals surface area contributed by atoms with E-state index in [0.717, 1.165) is 39.4 Å². The van der Waals surface area contributed by atoms with Gasteiger partial charge in [0.1, 0.15) is 12.2 Å². The quantitative estimate of drug-likeness (QED) is 0.444. The number of hydrogen-bond acceptors (Lipinski definition) is 3. The van der Waals surface area contributed by atoms with E-state index in [1.807, 2.05) is 74.0 Å². The van der Waals surface area contributed by atoms with Gasteiger partial charge in [-0.3, -0.25) is 9.59 Å². The van der Waals surface area contributed by atoms with E-state index in [1.165, 1.54) is 0 Å². The summed E-state index contributed by atoms with van der Waals surface area (Å²) in [7, 11) is 0. The number of para-hydroxylation sites is 1. The molecule has 1 fully saturated rings. The zero-order chi connectivity index (χ0) is 23.5. The standard InChI is InChI=1S/C26H26N4O3/c1-4-19-8-5-6-10-21(19)27-24(31)16-30-25(32)22(28-26(30)33)15-20-9-7-13-29(20)23-12-11-17(2)14-18(23)3/h5-15H,4,16H2,1-3H3,(H,27,31)(H,28,33)/b22-15+. The zero-order valence-corrected chi connectivity index (χ0v) is 18.9. The maximum absolute atomic E-state index is 12.9. The number of nitrogens with one attached hydrogen (secondary N) is 2. The average molecular weight is 443 g/mol. The molecule has 1 aliphatic rings. The third kappa shape index (κ3) is 4.57. The molecule has 7 heteroatoms. The van der Waals surface area contributed by atoms with Gasteiger partial charge in [-0.2, -0.15) is 0 Å². The fraction of sp³-hybridized carbons (Fsp3) is 0.192. The van der Waals surface area contributed by atoms with Crippen molar-refractivity contribution in [3.8, 4) is 5.69 Å². The highest BCUT2D eigenvalue weighted by Crippen LogP contribution is 2.22. The van der Waals surface area contributed by atoms with Gasteiger partial charge < -0.3 is 15.2 Å². The van der Waals surface area contributed by atoms with E-state index >= 15 is 0 Å². The maximum atomic E-state index is 12.9. The SMILES string of the molecule is CCc1ccccc1NC(=O)CN1C(=O)N/C(=C/c2cccn2-c2ccc(C)cc2C)C1=O. The van der Waals surface area contributed by atoms with Gasteiger partial charge in [0.2, 0.25) is 5.91 Å². The Kier molecular flexibility index (Phi) is 6.13. The molecule has 0 aliphatic carbocycles. The van der Waals surface area contributed by atoms with Crippen LogP contribution in [0.2, 0.25) is 0 Å². The number of nitrogens with zero attached hydrogens (tertiary/aromatic N) is 2. The molecule has 0 atom stereocenters. The predicted molar refractivity (Wildman–Crippen MR) is 128 cm³/mol. The molecule has 0 unspecified atom stereocenters. The third-order valence-electron chi connectivity index (χ3n) is 5.62. The Morgan fingerprint density at radius 2 is 1.85 bits per heavy atom. The molecule has 4 rings (SSSR count). The van der Waals surface area contributed by atoms with E-state index in [1.54, 1.807) is 12.1 Å². The fourth-order valence-electron chi connectivity index (χ4n) is 3.95. The minimum absolute atomic E-state index is 0.131. The number of amides is 4. The number of benzene rings is 2. The molecule has 168 valence electrons. The van der Waals surface area contributed by atoms with E-state index in [2.05, 4.69) is 16.7 Å². The number of hydrogen-bond donors (Lipinski definition) is 2. The molecule has 0 spiro atoms. The second-order valence-electron chi connectivity index (χ2n) is 8.03. The minimum atomic E-state index is -0.616. The van der Waals surface area contributed by atoms with Crippen molar-refractivity contribution in [1.82, 2.24) is 14.8 Å². The first kappa shape index (κ1) is 22.1. The first-order valence-corrected chi connectivity index (χ1v) is 10.8. The topological polar surface area (TPSA) is 83.4 Å². The summed E-state index contributed by atoms with van der Waals surface area (Å²) in [5.74, 6) is -0.966. The Bertz CT molecular complexity index is 1270. The number of aromatic nitrogens is 1. The smallest absolute Gasteiger partial charge is 0.324 e. The van der Waals surface area contributed by atoms with Gasteiger partial charge in [-0.05, 0) is 61.7 Å². The Labute approximate surface area is 192 Å². The van der Waals surface area contributed by atoms with Gasteiger partial charge >= 0.3 is 6.03 Å². The summed E-state index contributed by atoms with van der Waals surface area (Å²) < 4.78 is 1.96. The van der Waals surface area contributed by atoms with Crippen LogP contribution in [0.3, 0.4) is 0 Å². The van der Waals surface area contributed by atoms with E-state index in [0.29, 0.717) is 5.69 Å². The number of carbonyl (C=O) groups is 3.